The van der Waals surface area contributed by atoms with Crippen molar-refractivity contribution >= 4 is 94.6 Å². The Kier molecular flexibility index (Phi) is 27.6. The molecule has 34 heteroatoms. The van der Waals surface area contributed by atoms with Gasteiger partial charge in [-0.2, -0.15) is 0 Å². The van der Waals surface area contributed by atoms with E-state index in [1.807, 2.05) is 0 Å². The van der Waals surface area contributed by atoms with Crippen LogP contribution in [0.3, 0.4) is 0 Å². The van der Waals surface area contributed by atoms with E-state index in [2.05, 4.69) is 31.9 Å². The first-order valence-corrected chi connectivity index (χ1v) is 31.4. The highest BCUT2D eigenvalue weighted by Gasteiger charge is 2.42. The third-order valence-corrected chi connectivity index (χ3v) is 17.9. The predicted octanol–water partition coefficient (Wildman–Crippen LogP) is -7.64. The molecule has 10 N–H and O–H groups in total. The van der Waals surface area contributed by atoms with Gasteiger partial charge in [-0.3, -0.25) is 76.7 Å². The molecule has 8 aliphatic rings. The van der Waals surface area contributed by atoms with Crippen molar-refractivity contribution in [1.82, 2.24) is 71.1 Å². The molecule has 0 aromatic rings. The van der Waals surface area contributed by atoms with Crippen LogP contribution in [0.4, 0.5) is 0 Å². The van der Waals surface area contributed by atoms with Crippen molar-refractivity contribution in [2.24, 2.45) is 58.8 Å². The zero-order valence-electron chi connectivity index (χ0n) is 52.3. The third-order valence-electron chi connectivity index (χ3n) is 17.9. The number of carbonyl (C=O) groups excluding carboxylic acids is 16. The lowest BCUT2D eigenvalue weighted by Crippen LogP contribution is -2.41. The highest BCUT2D eigenvalue weighted by atomic mass is 16.5. The van der Waals surface area contributed by atoms with E-state index in [1.54, 1.807) is 0 Å². The molecule has 8 heterocycles. The summed E-state index contributed by atoms with van der Waals surface area (Å²) in [6.45, 7) is 5.87. The first-order chi connectivity index (χ1) is 44.0. The lowest BCUT2D eigenvalue weighted by Gasteiger charge is -2.22. The van der Waals surface area contributed by atoms with Crippen molar-refractivity contribution in [3.05, 3.63) is 0 Å². The molecule has 0 aromatic carbocycles. The Morgan fingerprint density at radius 3 is 0.645 bits per heavy atom. The topological polar surface area (TPSA) is 442 Å². The molecule has 0 saturated carbocycles. The van der Waals surface area contributed by atoms with Crippen molar-refractivity contribution in [3.8, 4) is 0 Å². The average molecular weight is 1310 g/mol. The summed E-state index contributed by atoms with van der Waals surface area (Å²) in [6.07, 6.45) is 0.542. The molecule has 93 heavy (non-hydrogen) atoms. The maximum absolute atomic E-state index is 12.8. The number of nitrogens with zero attached hydrogens (tertiary/aromatic N) is 8. The number of carbonyl (C=O) groups is 16. The van der Waals surface area contributed by atoms with Crippen LogP contribution in [-0.4, -0.2) is 305 Å². The summed E-state index contributed by atoms with van der Waals surface area (Å²) in [7, 11) is 2.55. The number of hydrogen-bond acceptors (Lipinski definition) is 20. The van der Waals surface area contributed by atoms with Gasteiger partial charge in [0, 0.05) is 208 Å². The van der Waals surface area contributed by atoms with Crippen molar-refractivity contribution in [1.29, 1.82) is 0 Å². The van der Waals surface area contributed by atoms with Gasteiger partial charge in [-0.15, -0.1) is 0 Å². The van der Waals surface area contributed by atoms with E-state index in [0.29, 0.717) is 26.2 Å². The lowest BCUT2D eigenvalue weighted by atomic mass is 10.1. The van der Waals surface area contributed by atoms with E-state index in [0.717, 1.165) is 0 Å². The maximum Gasteiger partial charge on any atom is 0.310 e. The maximum atomic E-state index is 12.8. The van der Waals surface area contributed by atoms with E-state index in [9.17, 15) is 76.7 Å². The van der Waals surface area contributed by atoms with Gasteiger partial charge in [-0.1, -0.05) is 7.43 Å². The average Bonchev–Trinajstić information content (AvgIpc) is 1.92. The van der Waals surface area contributed by atoms with Gasteiger partial charge >= 0.3 is 11.9 Å². The minimum absolute atomic E-state index is 0. The Hall–Kier alpha value is -8.56. The van der Waals surface area contributed by atoms with Crippen LogP contribution in [0.15, 0.2) is 0 Å². The summed E-state index contributed by atoms with van der Waals surface area (Å²) in [5, 5.41) is 16.5. The minimum atomic E-state index is -0.563. The number of rotatable bonds is 30. The second-order valence-corrected chi connectivity index (χ2v) is 24.3. The summed E-state index contributed by atoms with van der Waals surface area (Å²) in [6, 6.07) is 0. The first-order valence-electron chi connectivity index (χ1n) is 31.4. The summed E-state index contributed by atoms with van der Waals surface area (Å²) in [5.41, 5.74) is 10.8. The van der Waals surface area contributed by atoms with Crippen molar-refractivity contribution in [2.75, 3.05) is 171 Å². The number of likely N-dealkylation sites (tertiary alicyclic amines) is 8. The van der Waals surface area contributed by atoms with Crippen LogP contribution in [0, 0.1) is 47.3 Å². The SMILES string of the molecule is C.COC(=O)C1CC(=O)N(CCNC(=O)C2CC(=O)N(CCN3CC(C(=O)NCCN4CC(C(=O)OC)CC4=O)CC3=O)C2)C1.NCCNC(=O)C1CC(=O)N(CCNC(=O)C2CC(=O)N(CCN3CC(C(=O)NCCN4CC(C(=O)NCCN)CC4=O)CC3=O)C2)C1. The number of nitrogens with two attached hydrogens (primary N) is 2. The molecule has 0 spiro atoms. The fourth-order valence-corrected chi connectivity index (χ4v) is 12.6. The van der Waals surface area contributed by atoms with Crippen molar-refractivity contribution < 1.29 is 86.2 Å². The number of hydrogen-bond donors (Lipinski definition) is 8. The summed E-state index contributed by atoms with van der Waals surface area (Å²) in [4.78, 5) is 210. The monoisotopic (exact) mass is 1310 g/mol. The van der Waals surface area contributed by atoms with Gasteiger partial charge in [-0.05, 0) is 0 Å². The molecule has 8 rings (SSSR count). The van der Waals surface area contributed by atoms with Gasteiger partial charge < -0.3 is 92.0 Å². The number of nitrogens with one attached hydrogen (secondary N) is 6. The van der Waals surface area contributed by atoms with E-state index in [1.165, 1.54) is 53.4 Å². The summed E-state index contributed by atoms with van der Waals surface area (Å²) < 4.78 is 9.39. The largest absolute Gasteiger partial charge is 0.469 e. The van der Waals surface area contributed by atoms with Crippen molar-refractivity contribution in [2.45, 2.75) is 58.8 Å². The predicted molar refractivity (Wildman–Crippen MR) is 324 cm³/mol. The second-order valence-electron chi connectivity index (χ2n) is 24.3. The fourth-order valence-electron chi connectivity index (χ4n) is 12.6. The van der Waals surface area contributed by atoms with E-state index in [-0.39, 0.29) is 272 Å². The molecule has 8 atom stereocenters. The normalized spacial score (nSPS) is 24.4. The van der Waals surface area contributed by atoms with Crippen LogP contribution >= 0.6 is 0 Å². The molecule has 8 saturated heterocycles. The quantitative estimate of drug-likeness (QED) is 0.0310. The Morgan fingerprint density at radius 1 is 0.301 bits per heavy atom. The smallest absolute Gasteiger partial charge is 0.310 e. The van der Waals surface area contributed by atoms with E-state index < -0.39 is 59.3 Å². The standard InChI is InChI=1S/C30H48N10O8.C28H40N6O10.CH4/c31-1-3-33-27(45)19-11-23(41)37(15-19)7-5-35-29(47)21-13-25(43)39(17-21)9-10-40-18-22(14-26(40)44)30(48)36-6-8-38-16-20(12-24(38)42)28(46)34-4-2-32;1-43-27(41)19-11-23(37)31(15-19)5-3-29-25(39)17-9-21(35)33(13-17)7-8-34-14-18(10-22(34)36)26(40)30-4-6-32-16-20(12-24(32)38)28(42)44-2;/h19-22H,1-18,31-32H2,(H,33,45)(H,34,46)(H,35,47)(H,36,48);17-20H,3-16H2,1-2H3,(H,29,39)(H,30,40);1H4. The molecule has 14 amide bonds. The van der Waals surface area contributed by atoms with E-state index >= 15 is 0 Å². The van der Waals surface area contributed by atoms with Gasteiger partial charge in [0.05, 0.1) is 61.6 Å². The highest BCUT2D eigenvalue weighted by molar-refractivity contribution is 5.94. The zero-order valence-corrected chi connectivity index (χ0v) is 52.3. The van der Waals surface area contributed by atoms with Crippen LogP contribution < -0.4 is 43.4 Å². The molecule has 8 aliphatic heterocycles. The Labute approximate surface area is 539 Å². The van der Waals surface area contributed by atoms with Gasteiger partial charge in [0.25, 0.3) is 0 Å². The van der Waals surface area contributed by atoms with Crippen molar-refractivity contribution in [3.63, 3.8) is 0 Å². The number of amides is 14. The fraction of sp³-hybridized carbons (Fsp3) is 0.729. The Morgan fingerprint density at radius 2 is 0.462 bits per heavy atom. The third kappa shape index (κ3) is 20.2. The molecule has 8 unspecified atom stereocenters. The van der Waals surface area contributed by atoms with Gasteiger partial charge in [0.1, 0.15) is 0 Å². The second kappa shape index (κ2) is 34.9. The zero-order chi connectivity index (χ0) is 66.8. The number of methoxy groups -OCH3 is 2. The summed E-state index contributed by atoms with van der Waals surface area (Å²) >= 11 is 0. The number of esters is 2. The lowest BCUT2D eigenvalue weighted by molar-refractivity contribution is -0.145. The van der Waals surface area contributed by atoms with Crippen LogP contribution in [0.1, 0.15) is 58.8 Å². The molecule has 0 radical (unpaired) electrons. The molecule has 8 fully saturated rings. The molecule has 0 aliphatic carbocycles. The summed E-state index contributed by atoms with van der Waals surface area (Å²) in [5.74, 6) is -8.14. The molecular formula is C59H92N16O18. The van der Waals surface area contributed by atoms with Gasteiger partial charge in [0.2, 0.25) is 82.7 Å². The van der Waals surface area contributed by atoms with E-state index in [4.69, 9.17) is 20.9 Å². The van der Waals surface area contributed by atoms with Gasteiger partial charge in [-0.25, -0.2) is 0 Å². The molecule has 34 nitrogen and oxygen atoms in total. The van der Waals surface area contributed by atoms with Crippen LogP contribution in [0.25, 0.3) is 0 Å². The van der Waals surface area contributed by atoms with Crippen LogP contribution in [0.2, 0.25) is 0 Å². The molecule has 0 bridgehead atoms. The molecular weight excluding hydrogens is 1220 g/mol. The van der Waals surface area contributed by atoms with Crippen LogP contribution in [0.5, 0.6) is 0 Å². The minimum Gasteiger partial charge on any atom is -0.469 e. The Balaban J connectivity index is 0.000000293. The Bertz CT molecular complexity index is 2640. The molecule has 516 valence electrons. The number of ether oxygens (including phenoxy) is 2. The molecule has 0 aromatic heterocycles. The van der Waals surface area contributed by atoms with Gasteiger partial charge in [0.15, 0.2) is 0 Å². The first kappa shape index (κ1) is 73.5. The highest BCUT2D eigenvalue weighted by Crippen LogP contribution is 2.26. The van der Waals surface area contributed by atoms with Crippen LogP contribution in [-0.2, 0) is 86.2 Å².